The predicted molar refractivity (Wildman–Crippen MR) is 77.9 cm³/mol. The highest BCUT2D eigenvalue weighted by atomic mass is 16.5. The van der Waals surface area contributed by atoms with Crippen molar-refractivity contribution in [2.75, 3.05) is 37.6 Å². The number of hydrogen-bond acceptors (Lipinski definition) is 5. The van der Waals surface area contributed by atoms with Crippen LogP contribution in [0.3, 0.4) is 0 Å². The summed E-state index contributed by atoms with van der Waals surface area (Å²) >= 11 is 0. The monoisotopic (exact) mass is 293 g/mol. The van der Waals surface area contributed by atoms with E-state index < -0.39 is 0 Å². The number of benzene rings is 1. The van der Waals surface area contributed by atoms with Gasteiger partial charge in [0.2, 0.25) is 11.8 Å². The molecule has 1 aliphatic heterocycles. The summed E-state index contributed by atoms with van der Waals surface area (Å²) in [6, 6.07) is 6.56. The maximum atomic E-state index is 12.0. The van der Waals surface area contributed by atoms with Gasteiger partial charge >= 0.3 is 0 Å². The molecule has 0 aromatic heterocycles. The van der Waals surface area contributed by atoms with Crippen molar-refractivity contribution >= 4 is 23.2 Å². The zero-order valence-corrected chi connectivity index (χ0v) is 11.8. The summed E-state index contributed by atoms with van der Waals surface area (Å²) in [6.07, 6.45) is 0. The van der Waals surface area contributed by atoms with Crippen LogP contribution in [0.4, 0.5) is 11.4 Å². The summed E-state index contributed by atoms with van der Waals surface area (Å²) in [4.78, 5) is 23.4. The molecule has 0 bridgehead atoms. The zero-order valence-electron chi connectivity index (χ0n) is 11.8. The van der Waals surface area contributed by atoms with Gasteiger partial charge in [-0.15, -0.1) is 0 Å². The van der Waals surface area contributed by atoms with Crippen molar-refractivity contribution in [3.05, 3.63) is 24.3 Å². The Bertz CT molecular complexity index is 503. The topological polar surface area (TPSA) is 103 Å². The number of nitrogens with one attached hydrogen (secondary N) is 2. The Morgan fingerprint density at radius 3 is 2.38 bits per heavy atom. The van der Waals surface area contributed by atoms with Crippen LogP contribution in [0.1, 0.15) is 0 Å². The fraction of sp³-hybridized carbons (Fsp3) is 0.429. The molecule has 7 heteroatoms. The number of rotatable bonds is 5. The highest BCUT2D eigenvalue weighted by Crippen LogP contribution is 2.17. The van der Waals surface area contributed by atoms with Crippen LogP contribution in [0.15, 0.2) is 24.3 Å². The van der Waals surface area contributed by atoms with E-state index in [2.05, 4.69) is 10.6 Å². The first-order valence-corrected chi connectivity index (χ1v) is 6.63. The van der Waals surface area contributed by atoms with E-state index in [1.54, 1.807) is 24.3 Å². The number of carbonyl (C=O) groups is 2. The number of nitrogens with two attached hydrogens (primary N) is 1. The lowest BCUT2D eigenvalue weighted by Crippen LogP contribution is -2.37. The van der Waals surface area contributed by atoms with Crippen molar-refractivity contribution in [1.82, 2.24) is 0 Å². The first-order chi connectivity index (χ1) is 10.1. The number of methoxy groups -OCH3 is 1. The van der Waals surface area contributed by atoms with Crippen LogP contribution in [0.25, 0.3) is 0 Å². The van der Waals surface area contributed by atoms with Gasteiger partial charge in [0.15, 0.2) is 0 Å². The second kappa shape index (κ2) is 7.16. The van der Waals surface area contributed by atoms with E-state index in [9.17, 15) is 9.59 Å². The molecule has 1 heterocycles. The molecule has 1 fully saturated rings. The van der Waals surface area contributed by atoms with Crippen molar-refractivity contribution in [2.24, 2.45) is 11.7 Å². The summed E-state index contributed by atoms with van der Waals surface area (Å²) in [6.45, 7) is 0.749. The highest BCUT2D eigenvalue weighted by Gasteiger charge is 2.31. The molecule has 2 amide bonds. The molecule has 21 heavy (non-hydrogen) atoms. The standard InChI is InChI=1S/C14H19N3O4/c1-20-8-13(18)16-9-2-4-10(5-3-9)17-14(19)11-6-21-7-12(11)15/h2-5,11-12H,6-8,15H2,1H3,(H,16,18)(H,17,19). The fourth-order valence-electron chi connectivity index (χ4n) is 2.04. The molecule has 0 spiro atoms. The fourth-order valence-corrected chi connectivity index (χ4v) is 2.04. The lowest BCUT2D eigenvalue weighted by atomic mass is 10.0. The first-order valence-electron chi connectivity index (χ1n) is 6.63. The van der Waals surface area contributed by atoms with Crippen molar-refractivity contribution in [3.8, 4) is 0 Å². The van der Waals surface area contributed by atoms with Gasteiger partial charge in [-0.05, 0) is 24.3 Å². The van der Waals surface area contributed by atoms with E-state index >= 15 is 0 Å². The zero-order chi connectivity index (χ0) is 15.2. The number of amides is 2. The maximum absolute atomic E-state index is 12.0. The molecular formula is C14H19N3O4. The van der Waals surface area contributed by atoms with Gasteiger partial charge in [-0.3, -0.25) is 9.59 Å². The number of ether oxygens (including phenoxy) is 2. The molecule has 1 aromatic carbocycles. The number of carbonyl (C=O) groups excluding carboxylic acids is 2. The lowest BCUT2D eigenvalue weighted by Gasteiger charge is -2.13. The molecular weight excluding hydrogens is 274 g/mol. The molecule has 1 saturated heterocycles. The molecule has 2 rings (SSSR count). The molecule has 114 valence electrons. The van der Waals surface area contributed by atoms with E-state index in [0.29, 0.717) is 24.6 Å². The van der Waals surface area contributed by atoms with Gasteiger partial charge in [-0.2, -0.15) is 0 Å². The quantitative estimate of drug-likeness (QED) is 0.719. The van der Waals surface area contributed by atoms with Gasteiger partial charge in [-0.1, -0.05) is 0 Å². The minimum atomic E-state index is -0.328. The van der Waals surface area contributed by atoms with Gasteiger partial charge in [0.05, 0.1) is 19.1 Å². The summed E-state index contributed by atoms with van der Waals surface area (Å²) in [5.74, 6) is -0.717. The van der Waals surface area contributed by atoms with Crippen LogP contribution in [-0.2, 0) is 19.1 Å². The molecule has 4 N–H and O–H groups in total. The minimum Gasteiger partial charge on any atom is -0.379 e. The van der Waals surface area contributed by atoms with Crippen molar-refractivity contribution in [1.29, 1.82) is 0 Å². The summed E-state index contributed by atoms with van der Waals surface area (Å²) < 4.78 is 9.90. The average Bonchev–Trinajstić information content (AvgIpc) is 2.87. The molecule has 1 aromatic rings. The Morgan fingerprint density at radius 2 is 1.86 bits per heavy atom. The Kier molecular flexibility index (Phi) is 5.26. The Morgan fingerprint density at radius 1 is 1.24 bits per heavy atom. The molecule has 0 saturated carbocycles. The van der Waals surface area contributed by atoms with Crippen molar-refractivity contribution in [2.45, 2.75) is 6.04 Å². The summed E-state index contributed by atoms with van der Waals surface area (Å²) in [5, 5.41) is 5.45. The van der Waals surface area contributed by atoms with Gasteiger partial charge in [0.1, 0.15) is 6.61 Å². The summed E-state index contributed by atoms with van der Waals surface area (Å²) in [7, 11) is 1.45. The van der Waals surface area contributed by atoms with Gasteiger partial charge in [0.25, 0.3) is 0 Å². The lowest BCUT2D eigenvalue weighted by molar-refractivity contribution is -0.120. The van der Waals surface area contributed by atoms with Crippen LogP contribution in [0.2, 0.25) is 0 Å². The Hall–Kier alpha value is -1.96. The van der Waals surface area contributed by atoms with E-state index in [-0.39, 0.29) is 30.4 Å². The van der Waals surface area contributed by atoms with E-state index in [0.717, 1.165) is 0 Å². The van der Waals surface area contributed by atoms with Crippen molar-refractivity contribution in [3.63, 3.8) is 0 Å². The third-order valence-corrected chi connectivity index (χ3v) is 3.17. The van der Waals surface area contributed by atoms with Crippen LogP contribution in [0, 0.1) is 5.92 Å². The number of hydrogen-bond donors (Lipinski definition) is 3. The molecule has 0 aliphatic carbocycles. The molecule has 0 radical (unpaired) electrons. The van der Waals surface area contributed by atoms with Crippen molar-refractivity contribution < 1.29 is 19.1 Å². The first kappa shape index (κ1) is 15.4. The SMILES string of the molecule is COCC(=O)Nc1ccc(NC(=O)C2COCC2N)cc1. The second-order valence-electron chi connectivity index (χ2n) is 4.86. The van der Waals surface area contributed by atoms with Crippen LogP contribution in [-0.4, -0.2) is 44.8 Å². The number of anilines is 2. The predicted octanol–water partition coefficient (Wildman–Crippen LogP) is 0.184. The van der Waals surface area contributed by atoms with Crippen LogP contribution < -0.4 is 16.4 Å². The largest absolute Gasteiger partial charge is 0.379 e. The van der Waals surface area contributed by atoms with Crippen LogP contribution >= 0.6 is 0 Å². The normalized spacial score (nSPS) is 21.0. The molecule has 2 atom stereocenters. The maximum Gasteiger partial charge on any atom is 0.250 e. The van der Waals surface area contributed by atoms with Gasteiger partial charge < -0.3 is 25.8 Å². The average molecular weight is 293 g/mol. The van der Waals surface area contributed by atoms with E-state index in [4.69, 9.17) is 15.2 Å². The van der Waals surface area contributed by atoms with Gasteiger partial charge in [-0.25, -0.2) is 0 Å². The third-order valence-electron chi connectivity index (χ3n) is 3.17. The molecule has 7 nitrogen and oxygen atoms in total. The highest BCUT2D eigenvalue weighted by molar-refractivity contribution is 5.94. The Labute approximate surface area is 122 Å². The third kappa shape index (κ3) is 4.25. The Balaban J connectivity index is 1.90. The van der Waals surface area contributed by atoms with Gasteiger partial charge in [0, 0.05) is 24.5 Å². The molecule has 2 unspecified atom stereocenters. The second-order valence-corrected chi connectivity index (χ2v) is 4.86. The molecule has 1 aliphatic rings. The minimum absolute atomic E-state index is 0.00193. The summed E-state index contributed by atoms with van der Waals surface area (Å²) in [5.41, 5.74) is 7.07. The van der Waals surface area contributed by atoms with E-state index in [1.807, 2.05) is 0 Å². The van der Waals surface area contributed by atoms with Crippen LogP contribution in [0.5, 0.6) is 0 Å². The van der Waals surface area contributed by atoms with E-state index in [1.165, 1.54) is 7.11 Å². The smallest absolute Gasteiger partial charge is 0.250 e.